The fraction of sp³-hybridized carbons (Fsp3) is 0.185. The first-order valence-corrected chi connectivity index (χ1v) is 11.3. The van der Waals surface area contributed by atoms with Crippen LogP contribution >= 0.6 is 0 Å². The molecule has 0 atom stereocenters. The molecule has 180 valence electrons. The first-order valence-electron chi connectivity index (χ1n) is 11.3. The van der Waals surface area contributed by atoms with Crippen LogP contribution in [0.3, 0.4) is 0 Å². The van der Waals surface area contributed by atoms with Crippen LogP contribution in [0.5, 0.6) is 11.5 Å². The van der Waals surface area contributed by atoms with Crippen LogP contribution < -0.4 is 14.4 Å². The van der Waals surface area contributed by atoms with Crippen LogP contribution in [0.2, 0.25) is 0 Å². The van der Waals surface area contributed by atoms with Gasteiger partial charge in [0, 0.05) is 47.9 Å². The van der Waals surface area contributed by atoms with Crippen molar-refractivity contribution in [2.75, 3.05) is 25.7 Å². The number of anilines is 2. The highest BCUT2D eigenvalue weighted by atomic mass is 16.5. The molecule has 9 nitrogen and oxygen atoms in total. The number of nitrogens with one attached hydrogen (secondary N) is 1. The molecule has 9 heteroatoms. The van der Waals surface area contributed by atoms with Gasteiger partial charge >= 0.3 is 0 Å². The van der Waals surface area contributed by atoms with Gasteiger partial charge in [-0.3, -0.25) is 10.1 Å². The summed E-state index contributed by atoms with van der Waals surface area (Å²) in [5.74, 6) is 7.85. The molecule has 0 aliphatic carbocycles. The van der Waals surface area contributed by atoms with Crippen molar-refractivity contribution in [3.05, 3.63) is 72.7 Å². The molecular formula is C27H25N7O2. The Hall–Kier alpha value is -4.84. The zero-order chi connectivity index (χ0) is 25.1. The Morgan fingerprint density at radius 1 is 0.972 bits per heavy atom. The van der Waals surface area contributed by atoms with Gasteiger partial charge in [-0.2, -0.15) is 5.10 Å². The Kier molecular flexibility index (Phi) is 6.24. The van der Waals surface area contributed by atoms with Gasteiger partial charge in [0.2, 0.25) is 0 Å². The Labute approximate surface area is 208 Å². The minimum absolute atomic E-state index is 0.418. The Morgan fingerprint density at radius 2 is 1.78 bits per heavy atom. The van der Waals surface area contributed by atoms with Crippen LogP contribution in [0.4, 0.5) is 11.4 Å². The maximum Gasteiger partial charge on any atom is 0.124 e. The molecule has 0 saturated heterocycles. The second-order valence-corrected chi connectivity index (χ2v) is 8.19. The minimum atomic E-state index is 0.418. The van der Waals surface area contributed by atoms with E-state index in [-0.39, 0.29) is 0 Å². The largest absolute Gasteiger partial charge is 0.497 e. The van der Waals surface area contributed by atoms with Gasteiger partial charge in [-0.15, -0.1) is 0 Å². The summed E-state index contributed by atoms with van der Waals surface area (Å²) >= 11 is 0. The average molecular weight is 480 g/mol. The zero-order valence-electron chi connectivity index (χ0n) is 20.5. The summed E-state index contributed by atoms with van der Waals surface area (Å²) in [6.45, 7) is 2.38. The molecular weight excluding hydrogens is 454 g/mol. The van der Waals surface area contributed by atoms with E-state index in [1.54, 1.807) is 39.1 Å². The van der Waals surface area contributed by atoms with Gasteiger partial charge in [-0.05, 0) is 31.0 Å². The van der Waals surface area contributed by atoms with Crippen LogP contribution in [-0.2, 0) is 7.05 Å². The number of H-pyrrole nitrogens is 1. The topological polar surface area (TPSA) is 94.0 Å². The molecule has 0 spiro atoms. The van der Waals surface area contributed by atoms with Gasteiger partial charge in [-0.25, -0.2) is 9.97 Å². The van der Waals surface area contributed by atoms with E-state index in [1.165, 1.54) is 0 Å². The monoisotopic (exact) mass is 479 g/mol. The first kappa shape index (κ1) is 22.9. The molecule has 0 aliphatic heterocycles. The summed E-state index contributed by atoms with van der Waals surface area (Å²) in [5.41, 5.74) is 6.81. The summed E-state index contributed by atoms with van der Waals surface area (Å²) in [6.07, 6.45) is 7.01. The molecule has 0 saturated carbocycles. The number of fused-ring (bicyclic) bond motifs is 1. The predicted molar refractivity (Wildman–Crippen MR) is 138 cm³/mol. The molecule has 36 heavy (non-hydrogen) atoms. The lowest BCUT2D eigenvalue weighted by Gasteiger charge is -2.24. The third kappa shape index (κ3) is 4.57. The van der Waals surface area contributed by atoms with Crippen molar-refractivity contribution in [1.29, 1.82) is 0 Å². The van der Waals surface area contributed by atoms with E-state index in [4.69, 9.17) is 14.5 Å². The normalized spacial score (nSPS) is 10.7. The van der Waals surface area contributed by atoms with Crippen molar-refractivity contribution in [3.8, 4) is 34.6 Å². The highest BCUT2D eigenvalue weighted by molar-refractivity contribution is 5.83. The third-order valence-corrected chi connectivity index (χ3v) is 5.86. The minimum Gasteiger partial charge on any atom is -0.497 e. The number of hydrogen-bond acceptors (Lipinski definition) is 7. The number of hydrogen-bond donors (Lipinski definition) is 1. The van der Waals surface area contributed by atoms with Crippen LogP contribution in [0.1, 0.15) is 11.4 Å². The Morgan fingerprint density at radius 3 is 2.44 bits per heavy atom. The summed E-state index contributed by atoms with van der Waals surface area (Å²) in [5, 5.41) is 7.07. The van der Waals surface area contributed by atoms with Crippen LogP contribution in [0.25, 0.3) is 22.3 Å². The standard InChI is InChI=1S/C27H25N7O2/c1-18-24(15-30-32-18)27-16-29-25-8-7-19(12-26(25)31-27)34(9-5-6-20-14-28-17-33(20)2)21-10-22(35-3)13-23(11-21)36-4/h7-8,10-17H,9H2,1-4H3,(H,30,32). The van der Waals surface area contributed by atoms with E-state index >= 15 is 0 Å². The number of aromatic nitrogens is 6. The SMILES string of the molecule is COc1cc(OC)cc(N(CC#Cc2cncn2C)c2ccc3ncc(-c4cn[nH]c4C)nc3c2)c1. The quantitative estimate of drug-likeness (QED) is 0.364. The smallest absolute Gasteiger partial charge is 0.124 e. The van der Waals surface area contributed by atoms with Crippen molar-refractivity contribution < 1.29 is 9.47 Å². The number of nitrogens with zero attached hydrogens (tertiary/aromatic N) is 6. The number of imidazole rings is 1. The zero-order valence-corrected chi connectivity index (χ0v) is 20.5. The van der Waals surface area contributed by atoms with Crippen LogP contribution in [-0.4, -0.2) is 50.5 Å². The predicted octanol–water partition coefficient (Wildman–Crippen LogP) is 4.27. The number of benzene rings is 2. The Balaban J connectivity index is 1.59. The molecule has 0 unspecified atom stereocenters. The van der Waals surface area contributed by atoms with Gasteiger partial charge in [0.05, 0.1) is 62.4 Å². The maximum atomic E-state index is 5.52. The highest BCUT2D eigenvalue weighted by Gasteiger charge is 2.14. The van der Waals surface area contributed by atoms with Gasteiger partial charge in [0.1, 0.15) is 17.2 Å². The summed E-state index contributed by atoms with van der Waals surface area (Å²) < 4.78 is 12.9. The second kappa shape index (κ2) is 9.80. The lowest BCUT2D eigenvalue weighted by molar-refractivity contribution is 0.394. The maximum absolute atomic E-state index is 5.52. The number of ether oxygens (including phenoxy) is 2. The molecule has 2 aromatic carbocycles. The molecule has 0 radical (unpaired) electrons. The third-order valence-electron chi connectivity index (χ3n) is 5.86. The average Bonchev–Trinajstić information content (AvgIpc) is 3.53. The van der Waals surface area contributed by atoms with Crippen molar-refractivity contribution in [3.63, 3.8) is 0 Å². The van der Waals surface area contributed by atoms with Crippen molar-refractivity contribution in [2.24, 2.45) is 7.05 Å². The summed E-state index contributed by atoms with van der Waals surface area (Å²) in [6, 6.07) is 11.7. The molecule has 5 aromatic rings. The fourth-order valence-electron chi connectivity index (χ4n) is 3.87. The lowest BCUT2D eigenvalue weighted by atomic mass is 10.1. The molecule has 5 rings (SSSR count). The molecule has 0 bridgehead atoms. The Bertz CT molecular complexity index is 1570. The van der Waals surface area contributed by atoms with Gasteiger partial charge in [0.15, 0.2) is 0 Å². The molecule has 1 N–H and O–H groups in total. The summed E-state index contributed by atoms with van der Waals surface area (Å²) in [7, 11) is 5.19. The number of methoxy groups -OCH3 is 2. The van der Waals surface area contributed by atoms with E-state index in [2.05, 4.69) is 36.9 Å². The molecule has 0 aliphatic rings. The van der Waals surface area contributed by atoms with Gasteiger partial charge in [0.25, 0.3) is 0 Å². The van der Waals surface area contributed by atoms with Gasteiger partial charge < -0.3 is 18.9 Å². The lowest BCUT2D eigenvalue weighted by Crippen LogP contribution is -2.17. The van der Waals surface area contributed by atoms with E-state index < -0.39 is 0 Å². The van der Waals surface area contributed by atoms with E-state index in [9.17, 15) is 0 Å². The number of rotatable bonds is 6. The van der Waals surface area contributed by atoms with Crippen LogP contribution in [0, 0.1) is 18.8 Å². The fourth-order valence-corrected chi connectivity index (χ4v) is 3.87. The molecule has 0 fully saturated rings. The first-order chi connectivity index (χ1) is 17.6. The van der Waals surface area contributed by atoms with E-state index in [0.29, 0.717) is 18.0 Å². The van der Waals surface area contributed by atoms with Crippen molar-refractivity contribution in [2.45, 2.75) is 6.92 Å². The van der Waals surface area contributed by atoms with E-state index in [0.717, 1.165) is 45.1 Å². The second-order valence-electron chi connectivity index (χ2n) is 8.19. The van der Waals surface area contributed by atoms with Crippen molar-refractivity contribution >= 4 is 22.4 Å². The molecule has 0 amide bonds. The van der Waals surface area contributed by atoms with Crippen LogP contribution in [0.15, 0.2) is 61.3 Å². The van der Waals surface area contributed by atoms with Crippen molar-refractivity contribution in [1.82, 2.24) is 29.7 Å². The molecule has 3 aromatic heterocycles. The molecule has 3 heterocycles. The summed E-state index contributed by atoms with van der Waals surface area (Å²) in [4.78, 5) is 15.7. The van der Waals surface area contributed by atoms with E-state index in [1.807, 2.05) is 54.9 Å². The number of aryl methyl sites for hydroxylation is 2. The number of aromatic amines is 1. The highest BCUT2D eigenvalue weighted by Crippen LogP contribution is 2.34. The van der Waals surface area contributed by atoms with Gasteiger partial charge in [-0.1, -0.05) is 5.92 Å².